The van der Waals surface area contributed by atoms with Gasteiger partial charge in [0, 0.05) is 10.9 Å². The highest BCUT2D eigenvalue weighted by molar-refractivity contribution is 6.22. The number of anilines is 1. The molecule has 0 bridgehead atoms. The number of nitrogens with one attached hydrogen (secondary N) is 1. The second kappa shape index (κ2) is 13.7. The first kappa shape index (κ1) is 33.0. The molecule has 10 aromatic rings. The van der Waals surface area contributed by atoms with Crippen LogP contribution in [0.3, 0.4) is 0 Å². The van der Waals surface area contributed by atoms with Crippen LogP contribution in [0.25, 0.3) is 88.7 Å². The van der Waals surface area contributed by atoms with E-state index < -0.39 is 0 Å². The predicted molar refractivity (Wildman–Crippen MR) is 242 cm³/mol. The smallest absolute Gasteiger partial charge is 0.0702 e. The van der Waals surface area contributed by atoms with Gasteiger partial charge in [0.2, 0.25) is 0 Å². The van der Waals surface area contributed by atoms with Gasteiger partial charge >= 0.3 is 0 Å². The van der Waals surface area contributed by atoms with Crippen molar-refractivity contribution in [1.29, 1.82) is 0 Å². The summed E-state index contributed by atoms with van der Waals surface area (Å²) in [5, 5.41) is 10.1. The molecule has 1 N–H and O–H groups in total. The highest BCUT2D eigenvalue weighted by atomic mass is 15.1. The van der Waals surface area contributed by atoms with Gasteiger partial charge in [0.25, 0.3) is 0 Å². The fraction of sp³-hybridized carbons (Fsp3) is 0.0182. The van der Waals surface area contributed by atoms with Crippen molar-refractivity contribution in [3.8, 4) is 50.2 Å². The van der Waals surface area contributed by atoms with Gasteiger partial charge in [-0.3, -0.25) is 0 Å². The minimum Gasteiger partial charge on any atom is -0.372 e. The minimum absolute atomic E-state index is 0.0992. The topological polar surface area (TPSA) is 17.0 Å². The summed E-state index contributed by atoms with van der Waals surface area (Å²) in [4.78, 5) is 0. The first-order valence-corrected chi connectivity index (χ1v) is 19.7. The summed E-state index contributed by atoms with van der Waals surface area (Å²) in [5.74, 6) is 0. The molecule has 2 heterocycles. The maximum atomic E-state index is 3.90. The van der Waals surface area contributed by atoms with Gasteiger partial charge in [0.15, 0.2) is 0 Å². The summed E-state index contributed by atoms with van der Waals surface area (Å²) in [7, 11) is 0. The van der Waals surface area contributed by atoms with Crippen LogP contribution in [0.2, 0.25) is 0 Å². The molecule has 1 aliphatic heterocycles. The molecule has 1 aliphatic rings. The third kappa shape index (κ3) is 5.49. The van der Waals surface area contributed by atoms with E-state index in [9.17, 15) is 0 Å². The molecule has 0 saturated carbocycles. The average Bonchev–Trinajstić information content (AvgIpc) is 3.62. The van der Waals surface area contributed by atoms with Crippen LogP contribution < -0.4 is 5.32 Å². The van der Waals surface area contributed by atoms with Crippen LogP contribution >= 0.6 is 0 Å². The van der Waals surface area contributed by atoms with Gasteiger partial charge < -0.3 is 9.88 Å². The second-order valence-electron chi connectivity index (χ2n) is 14.9. The Morgan fingerprint density at radius 3 is 1.61 bits per heavy atom. The maximum absolute atomic E-state index is 3.90. The van der Waals surface area contributed by atoms with Gasteiger partial charge in [0.1, 0.15) is 0 Å². The van der Waals surface area contributed by atoms with Gasteiger partial charge in [-0.1, -0.05) is 194 Å². The Labute approximate surface area is 332 Å². The zero-order valence-corrected chi connectivity index (χ0v) is 31.3. The number of fused-ring (bicyclic) bond motifs is 5. The first-order chi connectivity index (χ1) is 28.3. The van der Waals surface area contributed by atoms with Crippen molar-refractivity contribution in [2.75, 3.05) is 5.32 Å². The Kier molecular flexibility index (Phi) is 7.93. The minimum atomic E-state index is 0.0992. The number of nitrogens with zero attached hydrogens (tertiary/aromatic N) is 1. The van der Waals surface area contributed by atoms with Gasteiger partial charge in [-0.15, -0.1) is 0 Å². The molecular weight excluding hydrogens is 689 g/mol. The van der Waals surface area contributed by atoms with Gasteiger partial charge in [-0.2, -0.15) is 0 Å². The Balaban J connectivity index is 1.13. The van der Waals surface area contributed by atoms with Crippen molar-refractivity contribution >= 4 is 44.2 Å². The molecular formula is C55H38N2. The van der Waals surface area contributed by atoms with Crippen molar-refractivity contribution < 1.29 is 0 Å². The average molecular weight is 727 g/mol. The first-order valence-electron chi connectivity index (χ1n) is 19.7. The van der Waals surface area contributed by atoms with Crippen LogP contribution in [-0.2, 0) is 0 Å². The highest BCUT2D eigenvalue weighted by Crippen LogP contribution is 2.47. The number of hydrogen-bond donors (Lipinski definition) is 1. The van der Waals surface area contributed by atoms with E-state index in [1.54, 1.807) is 0 Å². The van der Waals surface area contributed by atoms with E-state index in [1.807, 2.05) is 0 Å². The molecule has 0 amide bonds. The Hall–Kier alpha value is -7.42. The molecule has 0 saturated heterocycles. The standard InChI is InChI=1S/C55H38N2/c1-4-18-37(19-5-1)49-34-35-52-55(56-49)47-29-15-17-31-51(47)57(52)50-30-16-14-26-43(50)42-25-11-10-24-41(42)40-32-33-46-48(36-40)54(39-22-8-3-9-23-39)45-28-13-12-27-44(45)53(46)38-20-6-2-7-21-38/h1-36,49,56H. The predicted octanol–water partition coefficient (Wildman–Crippen LogP) is 14.8. The number of aromatic nitrogens is 1. The van der Waals surface area contributed by atoms with Gasteiger partial charge in [-0.25, -0.2) is 0 Å². The molecule has 1 atom stereocenters. The fourth-order valence-corrected chi connectivity index (χ4v) is 9.12. The van der Waals surface area contributed by atoms with Crippen molar-refractivity contribution in [3.63, 3.8) is 0 Å². The lowest BCUT2D eigenvalue weighted by atomic mass is 9.84. The summed E-state index contributed by atoms with van der Waals surface area (Å²) >= 11 is 0. The summed E-state index contributed by atoms with van der Waals surface area (Å²) in [6.45, 7) is 0. The molecule has 1 aromatic heterocycles. The van der Waals surface area contributed by atoms with E-state index in [4.69, 9.17) is 0 Å². The summed E-state index contributed by atoms with van der Waals surface area (Å²) < 4.78 is 2.44. The van der Waals surface area contributed by atoms with Crippen molar-refractivity contribution in [2.24, 2.45) is 0 Å². The van der Waals surface area contributed by atoms with Crippen molar-refractivity contribution in [3.05, 3.63) is 224 Å². The molecule has 2 nitrogen and oxygen atoms in total. The van der Waals surface area contributed by atoms with Crippen LogP contribution in [0, 0.1) is 0 Å². The van der Waals surface area contributed by atoms with E-state index in [0.29, 0.717) is 0 Å². The summed E-state index contributed by atoms with van der Waals surface area (Å²) in [6.07, 6.45) is 4.59. The van der Waals surface area contributed by atoms with Crippen LogP contribution in [0.5, 0.6) is 0 Å². The second-order valence-corrected chi connectivity index (χ2v) is 14.9. The molecule has 2 heteroatoms. The zero-order chi connectivity index (χ0) is 37.7. The third-order valence-electron chi connectivity index (χ3n) is 11.6. The number of benzene rings is 9. The van der Waals surface area contributed by atoms with E-state index in [-0.39, 0.29) is 6.04 Å². The van der Waals surface area contributed by atoms with Crippen molar-refractivity contribution in [1.82, 2.24) is 4.57 Å². The molecule has 0 spiro atoms. The van der Waals surface area contributed by atoms with Crippen molar-refractivity contribution in [2.45, 2.75) is 6.04 Å². The lowest BCUT2D eigenvalue weighted by Crippen LogP contribution is -2.12. The number of hydrogen-bond acceptors (Lipinski definition) is 1. The summed E-state index contributed by atoms with van der Waals surface area (Å²) in [6, 6.07) is 75.1. The molecule has 57 heavy (non-hydrogen) atoms. The molecule has 0 aliphatic carbocycles. The Morgan fingerprint density at radius 1 is 0.386 bits per heavy atom. The quantitative estimate of drug-likeness (QED) is 0.169. The molecule has 268 valence electrons. The normalized spacial score (nSPS) is 13.5. The molecule has 1 unspecified atom stereocenters. The molecule has 9 aromatic carbocycles. The van der Waals surface area contributed by atoms with Crippen LogP contribution in [-0.4, -0.2) is 4.57 Å². The zero-order valence-electron chi connectivity index (χ0n) is 31.3. The van der Waals surface area contributed by atoms with Gasteiger partial charge in [-0.05, 0) is 90.3 Å². The highest BCUT2D eigenvalue weighted by Gasteiger charge is 2.25. The van der Waals surface area contributed by atoms with E-state index in [0.717, 1.165) is 17.1 Å². The maximum Gasteiger partial charge on any atom is 0.0702 e. The van der Waals surface area contributed by atoms with E-state index >= 15 is 0 Å². The van der Waals surface area contributed by atoms with Gasteiger partial charge in [0.05, 0.1) is 28.6 Å². The lowest BCUT2D eigenvalue weighted by molar-refractivity contribution is 0.969. The molecule has 0 fully saturated rings. The number of rotatable bonds is 6. The Bertz CT molecular complexity index is 3140. The van der Waals surface area contributed by atoms with Crippen LogP contribution in [0.15, 0.2) is 212 Å². The summed E-state index contributed by atoms with van der Waals surface area (Å²) in [5.41, 5.74) is 15.6. The lowest BCUT2D eigenvalue weighted by Gasteiger charge is -2.23. The van der Waals surface area contributed by atoms with Crippen LogP contribution in [0.1, 0.15) is 17.3 Å². The molecule has 0 radical (unpaired) electrons. The van der Waals surface area contributed by atoms with E-state index in [2.05, 4.69) is 228 Å². The van der Waals surface area contributed by atoms with Crippen LogP contribution in [0.4, 0.5) is 5.69 Å². The third-order valence-corrected chi connectivity index (χ3v) is 11.6. The fourth-order valence-electron chi connectivity index (χ4n) is 9.12. The number of para-hydroxylation sites is 2. The van der Waals surface area contributed by atoms with E-state index in [1.165, 1.54) is 82.5 Å². The molecule has 11 rings (SSSR count). The Morgan fingerprint density at radius 2 is 0.912 bits per heavy atom. The SMILES string of the molecule is C1=CC(c2ccccc2)Nc2c1n(-c1ccccc1-c1ccccc1-c1ccc3c(-c4ccccc4)c4ccccc4c(-c4ccccc4)c3c1)c1ccccc21. The monoisotopic (exact) mass is 726 g/mol. The largest absolute Gasteiger partial charge is 0.372 e.